The highest BCUT2D eigenvalue weighted by Gasteiger charge is 2.40. The minimum atomic E-state index is -1.94. The number of hydrogen-bond donors (Lipinski definition) is 17. The van der Waals surface area contributed by atoms with Gasteiger partial charge in [0.25, 0.3) is 0 Å². The van der Waals surface area contributed by atoms with Gasteiger partial charge in [-0.3, -0.25) is 72.1 Å². The zero-order chi connectivity index (χ0) is 74.3. The lowest BCUT2D eigenvalue weighted by Crippen LogP contribution is -2.67. The highest BCUT2D eigenvalue weighted by atomic mass is 32.2. The Morgan fingerprint density at radius 3 is 1.86 bits per heavy atom. The number of nitrogens with zero attached hydrogens (tertiary/aromatic N) is 2. The summed E-state index contributed by atoms with van der Waals surface area (Å²) in [5, 5.41) is 49.2. The zero-order valence-electron chi connectivity index (χ0n) is 58.3. The van der Waals surface area contributed by atoms with E-state index in [-0.39, 0.29) is 95.2 Å². The molecular weight excluding hydrogens is 1320 g/mol. The number of benzene rings is 1. The SMILES string of the molecule is CC[C@H](C)[C@H]([NH3+])C1=N[C@H](C(=O)N[C@@H](CC(C)C)C(=O)N[C@H](CCC(=O)O)C(=O)N[C@H](C(=O)N[C@@H]2CCCCNC(=O)[C@H](CC(N)=O)NC(=O)[C@@H](CC(=O)O)NC(=O)[C@H](Cc3cnc[nH]3)NC(=O)[C@@H](Cc3ccccc3)NC(=O)[C@H]([C@@H](C)CC)NC(=O)[C@@H](CCCN)NC2=O)[C@@H](C)CC)CS1. The van der Waals surface area contributed by atoms with Gasteiger partial charge in [0.2, 0.25) is 70.9 Å². The molecule has 0 saturated carbocycles. The van der Waals surface area contributed by atoms with Crippen LogP contribution in [-0.2, 0) is 80.0 Å². The van der Waals surface area contributed by atoms with E-state index in [0.29, 0.717) is 17.0 Å². The Kier molecular flexibility index (Phi) is 35.1. The Hall–Kier alpha value is -9.05. The molecule has 100 heavy (non-hydrogen) atoms. The topological polar surface area (TPSA) is 532 Å². The number of carbonyl (C=O) groups excluding carboxylic acids is 12. The summed E-state index contributed by atoms with van der Waals surface area (Å²) in [7, 11) is 0. The summed E-state index contributed by atoms with van der Waals surface area (Å²) in [6.45, 7) is 14.2. The molecule has 2 aliphatic rings. The normalized spacial score (nSPS) is 23.1. The number of carbonyl (C=O) groups is 14. The van der Waals surface area contributed by atoms with Crippen molar-refractivity contribution in [3.05, 3.63) is 54.1 Å². The zero-order valence-corrected chi connectivity index (χ0v) is 59.1. The van der Waals surface area contributed by atoms with E-state index in [4.69, 9.17) is 11.5 Å². The van der Waals surface area contributed by atoms with E-state index >= 15 is 0 Å². The summed E-state index contributed by atoms with van der Waals surface area (Å²) in [5.74, 6) is -15.2. The minimum Gasteiger partial charge on any atom is -0.481 e. The van der Waals surface area contributed by atoms with Crippen LogP contribution in [0.25, 0.3) is 0 Å². The molecule has 0 radical (unpaired) electrons. The predicted molar refractivity (Wildman–Crippen MR) is 368 cm³/mol. The maximum Gasteiger partial charge on any atom is 0.305 e. The molecule has 0 spiro atoms. The molecule has 0 bridgehead atoms. The molecule has 34 heteroatoms. The van der Waals surface area contributed by atoms with E-state index in [0.717, 1.165) is 11.5 Å². The van der Waals surface area contributed by atoms with Crippen molar-refractivity contribution in [1.29, 1.82) is 0 Å². The smallest absolute Gasteiger partial charge is 0.305 e. The predicted octanol–water partition coefficient (Wildman–Crippen LogP) is -2.39. The lowest BCUT2D eigenvalue weighted by atomic mass is 9.96. The molecule has 554 valence electrons. The number of amides is 12. The van der Waals surface area contributed by atoms with E-state index < -0.39 is 187 Å². The summed E-state index contributed by atoms with van der Waals surface area (Å²) in [5.41, 5.74) is 16.5. The van der Waals surface area contributed by atoms with Crippen LogP contribution < -0.4 is 75.7 Å². The maximum absolute atomic E-state index is 14.9. The van der Waals surface area contributed by atoms with Gasteiger partial charge in [-0.25, -0.2) is 4.98 Å². The largest absolute Gasteiger partial charge is 0.481 e. The van der Waals surface area contributed by atoms with Crippen LogP contribution in [0.15, 0.2) is 47.8 Å². The van der Waals surface area contributed by atoms with E-state index in [2.05, 4.69) is 79.2 Å². The first-order chi connectivity index (χ1) is 47.4. The number of aliphatic imine (C=N–C) groups is 1. The van der Waals surface area contributed by atoms with Crippen LogP contribution in [0, 0.1) is 23.7 Å². The van der Waals surface area contributed by atoms with Crippen molar-refractivity contribution in [2.24, 2.45) is 40.1 Å². The van der Waals surface area contributed by atoms with E-state index in [1.165, 1.54) is 24.3 Å². The second kappa shape index (κ2) is 42.1. The van der Waals surface area contributed by atoms with Crippen molar-refractivity contribution in [2.75, 3.05) is 18.8 Å². The maximum atomic E-state index is 14.9. The van der Waals surface area contributed by atoms with Crippen LogP contribution in [0.4, 0.5) is 0 Å². The number of carboxylic acids is 2. The van der Waals surface area contributed by atoms with Crippen molar-refractivity contribution in [3.63, 3.8) is 0 Å². The average Bonchev–Trinajstić information content (AvgIpc) is 1.37. The Balaban J connectivity index is 1.77. The number of H-pyrrole nitrogens is 1. The van der Waals surface area contributed by atoms with Gasteiger partial charge in [-0.2, -0.15) is 0 Å². The Morgan fingerprint density at radius 1 is 0.670 bits per heavy atom. The van der Waals surface area contributed by atoms with Crippen molar-refractivity contribution in [3.8, 4) is 0 Å². The van der Waals surface area contributed by atoms with Crippen LogP contribution in [0.3, 0.4) is 0 Å². The second-order valence-electron chi connectivity index (χ2n) is 26.0. The Bertz CT molecular complexity index is 3160. The van der Waals surface area contributed by atoms with Crippen molar-refractivity contribution in [1.82, 2.24) is 68.5 Å². The first-order valence-electron chi connectivity index (χ1n) is 34.2. The number of nitrogens with one attached hydrogen (secondary N) is 12. The fraction of sp³-hybridized carbons (Fsp3) is 0.636. The van der Waals surface area contributed by atoms with Crippen molar-refractivity contribution in [2.45, 2.75) is 224 Å². The van der Waals surface area contributed by atoms with E-state index in [1.54, 1.807) is 58.0 Å². The van der Waals surface area contributed by atoms with Gasteiger partial charge < -0.3 is 90.9 Å². The molecule has 2 aromatic rings. The molecule has 3 heterocycles. The summed E-state index contributed by atoms with van der Waals surface area (Å²) < 4.78 is 0. The minimum absolute atomic E-state index is 0.00394. The fourth-order valence-electron chi connectivity index (χ4n) is 10.9. The van der Waals surface area contributed by atoms with Crippen LogP contribution in [0.2, 0.25) is 0 Å². The number of thioether (sulfide) groups is 1. The molecular formula is C66H104N17O16S+. The van der Waals surface area contributed by atoms with Crippen molar-refractivity contribution >= 4 is 99.6 Å². The monoisotopic (exact) mass is 1420 g/mol. The number of hydrogen-bond acceptors (Lipinski definition) is 18. The van der Waals surface area contributed by atoms with Crippen LogP contribution in [-0.4, -0.2) is 199 Å². The fourth-order valence-corrected chi connectivity index (χ4v) is 12.1. The molecule has 0 unspecified atom stereocenters. The molecule has 0 aliphatic carbocycles. The molecule has 1 saturated heterocycles. The first kappa shape index (κ1) is 83.4. The number of imidazole rings is 1. The Morgan fingerprint density at radius 2 is 1.27 bits per heavy atom. The third kappa shape index (κ3) is 27.6. The Labute approximate surface area is 586 Å². The second-order valence-corrected chi connectivity index (χ2v) is 27.1. The lowest BCUT2D eigenvalue weighted by Gasteiger charge is -2.30. The molecule has 1 fully saturated rings. The highest BCUT2D eigenvalue weighted by molar-refractivity contribution is 8.14. The van der Waals surface area contributed by atoms with Crippen molar-refractivity contribution < 1.29 is 83.1 Å². The molecule has 12 amide bonds. The number of aliphatic carboxylic acids is 2. The van der Waals surface area contributed by atoms with Gasteiger partial charge in [0.05, 0.1) is 19.2 Å². The highest BCUT2D eigenvalue weighted by Crippen LogP contribution is 2.24. The van der Waals surface area contributed by atoms with Gasteiger partial charge in [-0.15, -0.1) is 11.8 Å². The molecule has 21 N–H and O–H groups in total. The number of quaternary nitrogens is 1. The van der Waals surface area contributed by atoms with Crippen LogP contribution in [0.1, 0.15) is 150 Å². The number of primary amides is 1. The molecule has 1 aromatic carbocycles. The summed E-state index contributed by atoms with van der Waals surface area (Å²) >= 11 is 1.41. The van der Waals surface area contributed by atoms with Gasteiger partial charge in [0.1, 0.15) is 77.5 Å². The number of nitrogens with two attached hydrogens (primary N) is 2. The average molecular weight is 1420 g/mol. The number of rotatable bonds is 31. The van der Waals surface area contributed by atoms with Gasteiger partial charge in [0, 0.05) is 49.4 Å². The van der Waals surface area contributed by atoms with Gasteiger partial charge in [-0.05, 0) is 81.2 Å². The van der Waals surface area contributed by atoms with Crippen LogP contribution in [0.5, 0.6) is 0 Å². The molecule has 4 rings (SSSR count). The van der Waals surface area contributed by atoms with Crippen LogP contribution >= 0.6 is 11.8 Å². The van der Waals surface area contributed by atoms with Gasteiger partial charge in [0.15, 0.2) is 0 Å². The molecule has 2 aliphatic heterocycles. The summed E-state index contributed by atoms with van der Waals surface area (Å²) in [6.07, 6.45) is 0.481. The van der Waals surface area contributed by atoms with Gasteiger partial charge >= 0.3 is 11.9 Å². The summed E-state index contributed by atoms with van der Waals surface area (Å²) in [6, 6.07) is -8.00. The molecule has 1 aromatic heterocycles. The first-order valence-corrected chi connectivity index (χ1v) is 35.2. The molecule has 15 atom stereocenters. The summed E-state index contributed by atoms with van der Waals surface area (Å²) in [4.78, 5) is 207. The van der Waals surface area contributed by atoms with E-state index in [1.807, 2.05) is 27.7 Å². The number of carboxylic acid groups (broad SMARTS) is 2. The number of aromatic amines is 1. The molecule has 33 nitrogen and oxygen atoms in total. The van der Waals surface area contributed by atoms with E-state index in [9.17, 15) is 77.3 Å². The number of aromatic nitrogens is 2. The third-order valence-electron chi connectivity index (χ3n) is 17.6. The third-order valence-corrected chi connectivity index (χ3v) is 18.8. The standard InChI is InChI=1S/C66H103N17O16S/c1-9-35(6)52(69)66-81-48(32-100-66)63(97)76-43(26-34(4)5)59(93)74-42(22-23-50(85)86)58(92)83-53(36(7)10-2)64(98)75-40-20-15-16-25-71-55(89)46(29-49(68)84)78-62(96)47(30-51(87)88)79-61(95)45(28-39-31-70-33-72-39)77-60(94)44(27-38-18-13-12-14-19-38)80-65(99)54(37(8)11-3)82-57(91)41(21-17-24-67)73-56(40)90/h12-14,18-19,31,33-37,40-48,52-54H,9-11,15-17,20-30,32,67,69H2,1-8H3,(H2,68,84)(H,70,72)(H,71,89)(H,73,90)(H,74,93)(H,75,98)(H,76,97)(H,77,94)(H,78,96)(H,79,95)(H,80,99)(H,82,91)(H,83,92)(H,85,86)(H,87,88)/p+1/t35-,36-,37-,40+,41+,42+,43-,44+,45-,46-,47+,48-,52-,53-,54-/m0/s1. The lowest BCUT2D eigenvalue weighted by molar-refractivity contribution is -0.405. The quantitative estimate of drug-likeness (QED) is 0.0374. The van der Waals surface area contributed by atoms with Gasteiger partial charge in [-0.1, -0.05) is 98.6 Å².